The lowest BCUT2D eigenvalue weighted by atomic mass is 10.3. The highest BCUT2D eigenvalue weighted by Gasteiger charge is 2.10. The highest BCUT2D eigenvalue weighted by atomic mass is 32.1. The van der Waals surface area contributed by atoms with Gasteiger partial charge in [0.25, 0.3) is 0 Å². The van der Waals surface area contributed by atoms with Gasteiger partial charge in [0.15, 0.2) is 5.82 Å². The molecular formula is C12H9FN2S. The molecule has 0 amide bonds. The molecule has 2 nitrogen and oxygen atoms in total. The number of aromatic amines is 1. The third kappa shape index (κ3) is 1.34. The minimum absolute atomic E-state index is 0.283. The first-order valence-corrected chi connectivity index (χ1v) is 5.82. The average molecular weight is 232 g/mol. The highest BCUT2D eigenvalue weighted by molar-refractivity contribution is 7.13. The summed E-state index contributed by atoms with van der Waals surface area (Å²) >= 11 is 1.61. The van der Waals surface area contributed by atoms with Crippen LogP contribution in [0.3, 0.4) is 0 Å². The van der Waals surface area contributed by atoms with E-state index in [1.807, 2.05) is 24.4 Å². The summed E-state index contributed by atoms with van der Waals surface area (Å²) in [5, 5.41) is 2.01. The third-order valence-corrected chi connectivity index (χ3v) is 3.56. The van der Waals surface area contributed by atoms with Gasteiger partial charge >= 0.3 is 0 Å². The Kier molecular flexibility index (Phi) is 2.04. The van der Waals surface area contributed by atoms with E-state index >= 15 is 0 Å². The fraction of sp³-hybridized carbons (Fsp3) is 0.0833. The summed E-state index contributed by atoms with van der Waals surface area (Å²) in [5.74, 6) is 0.460. The van der Waals surface area contributed by atoms with Crippen molar-refractivity contribution in [3.8, 4) is 10.7 Å². The number of hydrogen-bond acceptors (Lipinski definition) is 2. The van der Waals surface area contributed by atoms with Crippen LogP contribution in [0.4, 0.5) is 4.39 Å². The predicted octanol–water partition coefficient (Wildman–Crippen LogP) is 3.74. The molecule has 0 saturated heterocycles. The zero-order chi connectivity index (χ0) is 11.1. The van der Waals surface area contributed by atoms with Crippen LogP contribution in [-0.4, -0.2) is 9.97 Å². The molecule has 0 saturated carbocycles. The number of halogens is 1. The van der Waals surface area contributed by atoms with E-state index in [0.717, 1.165) is 21.8 Å². The molecule has 1 aromatic carbocycles. The second-order valence-corrected chi connectivity index (χ2v) is 4.57. The molecule has 80 valence electrons. The van der Waals surface area contributed by atoms with Crippen LogP contribution in [0.25, 0.3) is 21.7 Å². The second-order valence-electron chi connectivity index (χ2n) is 3.65. The number of thiophene rings is 1. The Morgan fingerprint density at radius 1 is 1.31 bits per heavy atom. The lowest BCUT2D eigenvalue weighted by Gasteiger charge is -1.91. The molecule has 3 aromatic rings. The van der Waals surface area contributed by atoms with Crippen molar-refractivity contribution in [3.05, 3.63) is 41.0 Å². The minimum Gasteiger partial charge on any atom is -0.337 e. The molecule has 16 heavy (non-hydrogen) atoms. The molecule has 0 radical (unpaired) electrons. The van der Waals surface area contributed by atoms with Crippen molar-refractivity contribution < 1.29 is 4.39 Å². The van der Waals surface area contributed by atoms with Crippen LogP contribution >= 0.6 is 11.3 Å². The van der Waals surface area contributed by atoms with Crippen molar-refractivity contribution in [3.63, 3.8) is 0 Å². The Hall–Kier alpha value is -1.68. The van der Waals surface area contributed by atoms with E-state index in [2.05, 4.69) is 9.97 Å². The molecule has 2 aromatic heterocycles. The van der Waals surface area contributed by atoms with Crippen LogP contribution in [0, 0.1) is 12.7 Å². The monoisotopic (exact) mass is 232 g/mol. The topological polar surface area (TPSA) is 28.7 Å². The smallest absolute Gasteiger partial charge is 0.151 e. The molecule has 0 spiro atoms. The molecule has 0 bridgehead atoms. The van der Waals surface area contributed by atoms with Gasteiger partial charge in [-0.15, -0.1) is 11.3 Å². The van der Waals surface area contributed by atoms with Crippen LogP contribution in [-0.2, 0) is 0 Å². The van der Waals surface area contributed by atoms with E-state index in [-0.39, 0.29) is 5.82 Å². The summed E-state index contributed by atoms with van der Waals surface area (Å²) in [6, 6.07) is 6.97. The number of H-pyrrole nitrogens is 1. The Labute approximate surface area is 95.8 Å². The number of benzene rings is 1. The van der Waals surface area contributed by atoms with Gasteiger partial charge in [-0.05, 0) is 36.1 Å². The van der Waals surface area contributed by atoms with Gasteiger partial charge in [-0.2, -0.15) is 0 Å². The van der Waals surface area contributed by atoms with Crippen molar-refractivity contribution in [1.29, 1.82) is 0 Å². The van der Waals surface area contributed by atoms with Gasteiger partial charge in [-0.25, -0.2) is 9.37 Å². The lowest BCUT2D eigenvalue weighted by Crippen LogP contribution is -1.78. The zero-order valence-corrected chi connectivity index (χ0v) is 9.44. The first-order valence-electron chi connectivity index (χ1n) is 4.94. The molecule has 0 aliphatic rings. The van der Waals surface area contributed by atoms with E-state index in [9.17, 15) is 4.39 Å². The molecule has 0 aliphatic heterocycles. The van der Waals surface area contributed by atoms with E-state index in [1.165, 1.54) is 6.07 Å². The average Bonchev–Trinajstić information content (AvgIpc) is 2.84. The number of rotatable bonds is 1. The number of aryl methyl sites for hydroxylation is 1. The molecule has 1 N–H and O–H groups in total. The molecule has 2 heterocycles. The van der Waals surface area contributed by atoms with Crippen LogP contribution in [0.1, 0.15) is 5.56 Å². The summed E-state index contributed by atoms with van der Waals surface area (Å²) in [7, 11) is 0. The number of nitrogens with one attached hydrogen (secondary N) is 1. The normalized spacial score (nSPS) is 11.1. The first-order chi connectivity index (χ1) is 7.75. The van der Waals surface area contributed by atoms with Crippen molar-refractivity contribution in [2.24, 2.45) is 0 Å². The first kappa shape index (κ1) is 9.54. The summed E-state index contributed by atoms with van der Waals surface area (Å²) in [4.78, 5) is 8.50. The van der Waals surface area contributed by atoms with Gasteiger partial charge < -0.3 is 4.98 Å². The Morgan fingerprint density at radius 2 is 2.19 bits per heavy atom. The molecule has 0 unspecified atom stereocenters. The summed E-state index contributed by atoms with van der Waals surface area (Å²) in [5.41, 5.74) is 2.30. The summed E-state index contributed by atoms with van der Waals surface area (Å²) in [6.07, 6.45) is 0. The molecule has 3 rings (SSSR count). The number of aromatic nitrogens is 2. The minimum atomic E-state index is -0.283. The van der Waals surface area contributed by atoms with E-state index < -0.39 is 0 Å². The van der Waals surface area contributed by atoms with Gasteiger partial charge in [0.2, 0.25) is 0 Å². The fourth-order valence-corrected chi connectivity index (χ4v) is 2.59. The maximum atomic E-state index is 13.5. The van der Waals surface area contributed by atoms with Crippen molar-refractivity contribution in [1.82, 2.24) is 9.97 Å². The number of imidazole rings is 1. The SMILES string of the molecule is Cc1ccsc1-c1nc2c(F)cccc2[nH]1. The molecule has 0 fully saturated rings. The van der Waals surface area contributed by atoms with Crippen molar-refractivity contribution >= 4 is 22.4 Å². The Morgan fingerprint density at radius 3 is 2.88 bits per heavy atom. The Bertz CT molecular complexity index is 654. The van der Waals surface area contributed by atoms with Gasteiger partial charge in [0.1, 0.15) is 11.3 Å². The van der Waals surface area contributed by atoms with Crippen LogP contribution in [0.2, 0.25) is 0 Å². The highest BCUT2D eigenvalue weighted by Crippen LogP contribution is 2.28. The molecular weight excluding hydrogens is 223 g/mol. The molecule has 0 atom stereocenters. The van der Waals surface area contributed by atoms with Crippen LogP contribution in [0.15, 0.2) is 29.6 Å². The number of fused-ring (bicyclic) bond motifs is 1. The van der Waals surface area contributed by atoms with E-state index in [1.54, 1.807) is 17.4 Å². The molecule has 0 aliphatic carbocycles. The number of para-hydroxylation sites is 1. The standard InChI is InChI=1S/C12H9FN2S/c1-7-5-6-16-11(7)12-14-9-4-2-3-8(13)10(9)15-12/h2-6H,1H3,(H,14,15). The van der Waals surface area contributed by atoms with E-state index in [0.29, 0.717) is 5.52 Å². The summed E-state index contributed by atoms with van der Waals surface area (Å²) in [6.45, 7) is 2.02. The quantitative estimate of drug-likeness (QED) is 0.680. The third-order valence-electron chi connectivity index (χ3n) is 2.54. The maximum absolute atomic E-state index is 13.5. The molecule has 4 heteroatoms. The largest absolute Gasteiger partial charge is 0.337 e. The van der Waals surface area contributed by atoms with Gasteiger partial charge in [0.05, 0.1) is 10.4 Å². The van der Waals surface area contributed by atoms with E-state index in [4.69, 9.17) is 0 Å². The van der Waals surface area contributed by atoms with Crippen LogP contribution < -0.4 is 0 Å². The van der Waals surface area contributed by atoms with Gasteiger partial charge in [0, 0.05) is 0 Å². The van der Waals surface area contributed by atoms with Crippen LogP contribution in [0.5, 0.6) is 0 Å². The Balaban J connectivity index is 2.27. The van der Waals surface area contributed by atoms with Crippen molar-refractivity contribution in [2.45, 2.75) is 6.92 Å². The maximum Gasteiger partial charge on any atom is 0.151 e. The number of nitrogens with zero attached hydrogens (tertiary/aromatic N) is 1. The fourth-order valence-electron chi connectivity index (χ4n) is 1.72. The predicted molar refractivity (Wildman–Crippen MR) is 64.1 cm³/mol. The van der Waals surface area contributed by atoms with Gasteiger partial charge in [-0.3, -0.25) is 0 Å². The van der Waals surface area contributed by atoms with Gasteiger partial charge in [-0.1, -0.05) is 6.07 Å². The zero-order valence-electron chi connectivity index (χ0n) is 8.62. The van der Waals surface area contributed by atoms with Crippen molar-refractivity contribution in [2.75, 3.05) is 0 Å². The summed E-state index contributed by atoms with van der Waals surface area (Å²) < 4.78 is 13.5. The second kappa shape index (κ2) is 3.42. The number of hydrogen-bond donors (Lipinski definition) is 1. The lowest BCUT2D eigenvalue weighted by molar-refractivity contribution is 0.637.